The molecular weight excluding hydrogens is 336 g/mol. The largest absolute Gasteiger partial charge is 0.478 e. The van der Waals surface area contributed by atoms with E-state index in [-0.39, 0.29) is 5.04 Å². The van der Waals surface area contributed by atoms with Gasteiger partial charge in [-0.05, 0) is 35.3 Å². The molecule has 0 spiro atoms. The number of halogens is 1. The molecule has 5 heteroatoms. The lowest BCUT2D eigenvalue weighted by Crippen LogP contribution is -2.40. The summed E-state index contributed by atoms with van der Waals surface area (Å²) >= 11 is 3.38. The highest BCUT2D eigenvalue weighted by Crippen LogP contribution is 2.37. The van der Waals surface area contributed by atoms with Crippen molar-refractivity contribution < 1.29 is 14.3 Å². The first-order valence-corrected chi connectivity index (χ1v) is 10.7. The molecule has 0 radical (unpaired) electrons. The normalized spacial score (nSPS) is 12.5. The molecule has 0 bridgehead atoms. The van der Waals surface area contributed by atoms with Crippen LogP contribution in [-0.4, -0.2) is 19.4 Å². The lowest BCUT2D eigenvalue weighted by atomic mass is 10.0. The predicted octanol–water partition coefficient (Wildman–Crippen LogP) is 4.80. The van der Waals surface area contributed by atoms with Crippen molar-refractivity contribution in [3.05, 3.63) is 34.9 Å². The van der Waals surface area contributed by atoms with E-state index < -0.39 is 14.3 Å². The fourth-order valence-electron chi connectivity index (χ4n) is 1.60. The molecule has 112 valence electrons. The van der Waals surface area contributed by atoms with Crippen LogP contribution >= 0.6 is 15.9 Å². The fourth-order valence-corrected chi connectivity index (χ4v) is 3.21. The zero-order valence-corrected chi connectivity index (χ0v) is 15.4. The summed E-state index contributed by atoms with van der Waals surface area (Å²) in [7, 11) is -1.83. The van der Waals surface area contributed by atoms with Crippen molar-refractivity contribution in [1.29, 1.82) is 0 Å². The molecule has 0 aromatic heterocycles. The predicted molar refractivity (Wildman–Crippen MR) is 88.0 cm³/mol. The molecule has 0 unspecified atom stereocenters. The molecule has 1 N–H and O–H groups in total. The third kappa shape index (κ3) is 3.93. The SMILES string of the molecule is CC(C)(C)[Si](C)(C)OCc1cccc(C(=O)O)c1CBr. The van der Waals surface area contributed by atoms with Crippen LogP contribution in [0.5, 0.6) is 0 Å². The Hall–Kier alpha value is -0.653. The summed E-state index contributed by atoms with van der Waals surface area (Å²) in [5, 5.41) is 9.89. The average Bonchev–Trinajstić information content (AvgIpc) is 2.34. The Morgan fingerprint density at radius 2 is 1.95 bits per heavy atom. The molecule has 0 saturated heterocycles. The molecular formula is C15H23BrO3Si. The first-order valence-electron chi connectivity index (χ1n) is 6.64. The average molecular weight is 359 g/mol. The quantitative estimate of drug-likeness (QED) is 0.607. The van der Waals surface area contributed by atoms with Gasteiger partial charge in [-0.1, -0.05) is 48.8 Å². The number of carboxylic acid groups (broad SMARTS) is 1. The van der Waals surface area contributed by atoms with Gasteiger partial charge in [0.2, 0.25) is 0 Å². The van der Waals surface area contributed by atoms with Crippen LogP contribution in [0.2, 0.25) is 18.1 Å². The number of aromatic carboxylic acids is 1. The van der Waals surface area contributed by atoms with Crippen molar-refractivity contribution >= 4 is 30.2 Å². The maximum atomic E-state index is 11.2. The summed E-state index contributed by atoms with van der Waals surface area (Å²) in [4.78, 5) is 11.2. The van der Waals surface area contributed by atoms with Crippen LogP contribution in [0.25, 0.3) is 0 Å². The van der Waals surface area contributed by atoms with Gasteiger partial charge < -0.3 is 9.53 Å². The molecule has 0 aliphatic heterocycles. The topological polar surface area (TPSA) is 46.5 Å². The second kappa shape index (κ2) is 6.41. The van der Waals surface area contributed by atoms with E-state index in [1.807, 2.05) is 6.07 Å². The number of rotatable bonds is 5. The van der Waals surface area contributed by atoms with Crippen molar-refractivity contribution in [2.45, 2.75) is 50.8 Å². The molecule has 0 aliphatic carbocycles. The highest BCUT2D eigenvalue weighted by molar-refractivity contribution is 9.08. The molecule has 1 aromatic rings. The van der Waals surface area contributed by atoms with E-state index in [4.69, 9.17) is 4.43 Å². The molecule has 0 fully saturated rings. The van der Waals surface area contributed by atoms with Crippen LogP contribution in [0, 0.1) is 0 Å². The molecule has 0 amide bonds. The maximum absolute atomic E-state index is 11.2. The molecule has 1 rings (SSSR count). The second-order valence-corrected chi connectivity index (χ2v) is 11.8. The van der Waals surface area contributed by atoms with Gasteiger partial charge in [-0.15, -0.1) is 0 Å². The van der Waals surface area contributed by atoms with Gasteiger partial charge in [-0.3, -0.25) is 0 Å². The standard InChI is InChI=1S/C15H23BrO3Si/c1-15(2,3)20(4,5)19-10-11-7-6-8-12(14(17)18)13(11)9-16/h6-8H,9-10H2,1-5H3,(H,17,18). The van der Waals surface area contributed by atoms with Gasteiger partial charge in [-0.2, -0.15) is 0 Å². The van der Waals surface area contributed by atoms with Gasteiger partial charge in [0.25, 0.3) is 0 Å². The molecule has 0 atom stereocenters. The summed E-state index contributed by atoms with van der Waals surface area (Å²) in [5.74, 6) is -0.895. The third-order valence-electron chi connectivity index (χ3n) is 4.03. The summed E-state index contributed by atoms with van der Waals surface area (Å²) in [6.07, 6.45) is 0. The van der Waals surface area contributed by atoms with E-state index in [1.54, 1.807) is 12.1 Å². The van der Waals surface area contributed by atoms with E-state index in [0.29, 0.717) is 17.5 Å². The third-order valence-corrected chi connectivity index (χ3v) is 9.07. The first-order chi connectivity index (χ1) is 9.10. The lowest BCUT2D eigenvalue weighted by Gasteiger charge is -2.36. The smallest absolute Gasteiger partial charge is 0.336 e. The minimum Gasteiger partial charge on any atom is -0.478 e. The van der Waals surface area contributed by atoms with Crippen molar-refractivity contribution in [1.82, 2.24) is 0 Å². The Morgan fingerprint density at radius 3 is 2.40 bits per heavy atom. The monoisotopic (exact) mass is 358 g/mol. The van der Waals surface area contributed by atoms with E-state index in [9.17, 15) is 9.90 Å². The Balaban J connectivity index is 3.00. The van der Waals surface area contributed by atoms with Crippen molar-refractivity contribution in [2.24, 2.45) is 0 Å². The Bertz CT molecular complexity index is 492. The zero-order valence-electron chi connectivity index (χ0n) is 12.8. The Morgan fingerprint density at radius 1 is 1.35 bits per heavy atom. The zero-order chi connectivity index (χ0) is 15.6. The van der Waals surface area contributed by atoms with Gasteiger partial charge in [0.15, 0.2) is 8.32 Å². The van der Waals surface area contributed by atoms with Crippen LogP contribution in [0.3, 0.4) is 0 Å². The molecule has 3 nitrogen and oxygen atoms in total. The van der Waals surface area contributed by atoms with E-state index in [0.717, 1.165) is 11.1 Å². The number of carbonyl (C=O) groups is 1. The minimum absolute atomic E-state index is 0.145. The van der Waals surface area contributed by atoms with Crippen LogP contribution < -0.4 is 0 Å². The van der Waals surface area contributed by atoms with Crippen LogP contribution in [-0.2, 0) is 16.4 Å². The maximum Gasteiger partial charge on any atom is 0.336 e. The van der Waals surface area contributed by atoms with E-state index in [2.05, 4.69) is 49.8 Å². The summed E-state index contributed by atoms with van der Waals surface area (Å²) in [5.41, 5.74) is 2.10. The van der Waals surface area contributed by atoms with Crippen molar-refractivity contribution in [3.63, 3.8) is 0 Å². The molecule has 0 aliphatic rings. The molecule has 0 saturated carbocycles. The van der Waals surface area contributed by atoms with Crippen LogP contribution in [0.4, 0.5) is 0 Å². The van der Waals surface area contributed by atoms with Gasteiger partial charge in [0, 0.05) is 5.33 Å². The number of alkyl halides is 1. The summed E-state index contributed by atoms with van der Waals surface area (Å²) < 4.78 is 6.18. The fraction of sp³-hybridized carbons (Fsp3) is 0.533. The highest BCUT2D eigenvalue weighted by Gasteiger charge is 2.37. The number of benzene rings is 1. The Labute approximate surface area is 130 Å². The van der Waals surface area contributed by atoms with Gasteiger partial charge >= 0.3 is 5.97 Å². The number of hydrogen-bond acceptors (Lipinski definition) is 2. The van der Waals surface area contributed by atoms with Gasteiger partial charge in [0.1, 0.15) is 0 Å². The van der Waals surface area contributed by atoms with Crippen LogP contribution in [0.1, 0.15) is 42.3 Å². The lowest BCUT2D eigenvalue weighted by molar-refractivity contribution is 0.0696. The molecule has 0 heterocycles. The van der Waals surface area contributed by atoms with Crippen molar-refractivity contribution in [2.75, 3.05) is 0 Å². The summed E-state index contributed by atoms with van der Waals surface area (Å²) in [6.45, 7) is 11.4. The first kappa shape index (κ1) is 17.4. The van der Waals surface area contributed by atoms with Gasteiger partial charge in [-0.25, -0.2) is 4.79 Å². The van der Waals surface area contributed by atoms with Gasteiger partial charge in [0.05, 0.1) is 12.2 Å². The number of hydrogen-bond donors (Lipinski definition) is 1. The molecule has 1 aromatic carbocycles. The Kier molecular flexibility index (Phi) is 5.58. The number of carboxylic acids is 1. The van der Waals surface area contributed by atoms with Crippen molar-refractivity contribution in [3.8, 4) is 0 Å². The van der Waals surface area contributed by atoms with E-state index in [1.165, 1.54) is 0 Å². The summed E-state index contributed by atoms with van der Waals surface area (Å²) in [6, 6.07) is 5.35. The second-order valence-electron chi connectivity index (χ2n) is 6.43. The molecule has 20 heavy (non-hydrogen) atoms. The van der Waals surface area contributed by atoms with Crippen LogP contribution in [0.15, 0.2) is 18.2 Å². The minimum atomic E-state index is -1.83. The van der Waals surface area contributed by atoms with E-state index >= 15 is 0 Å². The highest BCUT2D eigenvalue weighted by atomic mass is 79.9.